The summed E-state index contributed by atoms with van der Waals surface area (Å²) in [6, 6.07) is 8.07. The van der Waals surface area contributed by atoms with E-state index in [2.05, 4.69) is 13.0 Å². The second-order valence-corrected chi connectivity index (χ2v) is 5.44. The SMILES string of the molecule is CCCOc1ccccc1C(N)CC1(OC)CCC1. The van der Waals surface area contributed by atoms with Crippen molar-refractivity contribution in [3.05, 3.63) is 29.8 Å². The zero-order valence-electron chi connectivity index (χ0n) is 12.0. The summed E-state index contributed by atoms with van der Waals surface area (Å²) >= 11 is 0. The molecule has 1 unspecified atom stereocenters. The summed E-state index contributed by atoms with van der Waals surface area (Å²) in [6.45, 7) is 2.84. The molecule has 0 bridgehead atoms. The molecule has 1 aliphatic rings. The van der Waals surface area contributed by atoms with Crippen molar-refractivity contribution in [3.63, 3.8) is 0 Å². The van der Waals surface area contributed by atoms with Gasteiger partial charge in [0.25, 0.3) is 0 Å². The Morgan fingerprint density at radius 1 is 1.32 bits per heavy atom. The number of hydrogen-bond donors (Lipinski definition) is 1. The van der Waals surface area contributed by atoms with Gasteiger partial charge in [-0.1, -0.05) is 25.1 Å². The first-order chi connectivity index (χ1) is 9.21. The number of hydrogen-bond acceptors (Lipinski definition) is 3. The summed E-state index contributed by atoms with van der Waals surface area (Å²) in [5.41, 5.74) is 7.47. The Bertz CT molecular complexity index is 396. The van der Waals surface area contributed by atoms with Gasteiger partial charge in [-0.2, -0.15) is 0 Å². The molecule has 0 saturated heterocycles. The van der Waals surface area contributed by atoms with Crippen molar-refractivity contribution in [2.75, 3.05) is 13.7 Å². The van der Waals surface area contributed by atoms with Crippen LogP contribution < -0.4 is 10.5 Å². The average molecular weight is 263 g/mol. The van der Waals surface area contributed by atoms with Gasteiger partial charge >= 0.3 is 0 Å². The zero-order chi connectivity index (χ0) is 13.7. The summed E-state index contributed by atoms with van der Waals surface area (Å²) in [5.74, 6) is 0.919. The number of para-hydroxylation sites is 1. The largest absolute Gasteiger partial charge is 0.493 e. The Morgan fingerprint density at radius 2 is 2.05 bits per heavy atom. The van der Waals surface area contributed by atoms with Crippen LogP contribution in [0.4, 0.5) is 0 Å². The van der Waals surface area contributed by atoms with Crippen LogP contribution in [0.5, 0.6) is 5.75 Å². The minimum absolute atomic E-state index is 0.00269. The topological polar surface area (TPSA) is 44.5 Å². The number of nitrogens with two attached hydrogens (primary N) is 1. The molecule has 1 aromatic carbocycles. The third-order valence-electron chi connectivity index (χ3n) is 4.07. The van der Waals surface area contributed by atoms with Crippen molar-refractivity contribution in [3.8, 4) is 5.75 Å². The highest BCUT2D eigenvalue weighted by Gasteiger charge is 2.38. The Morgan fingerprint density at radius 3 is 2.63 bits per heavy atom. The average Bonchev–Trinajstić information content (AvgIpc) is 2.40. The van der Waals surface area contributed by atoms with E-state index in [9.17, 15) is 0 Å². The van der Waals surface area contributed by atoms with E-state index in [0.717, 1.165) is 43.6 Å². The van der Waals surface area contributed by atoms with Crippen molar-refractivity contribution >= 4 is 0 Å². The molecular weight excluding hydrogens is 238 g/mol. The fourth-order valence-electron chi connectivity index (χ4n) is 2.70. The maximum absolute atomic E-state index is 6.38. The molecule has 0 spiro atoms. The molecule has 1 fully saturated rings. The van der Waals surface area contributed by atoms with E-state index in [4.69, 9.17) is 15.2 Å². The van der Waals surface area contributed by atoms with Gasteiger partial charge in [0.15, 0.2) is 0 Å². The molecule has 1 atom stereocenters. The maximum Gasteiger partial charge on any atom is 0.124 e. The van der Waals surface area contributed by atoms with Gasteiger partial charge in [-0.15, -0.1) is 0 Å². The molecule has 0 heterocycles. The predicted octanol–water partition coefficient (Wildman–Crippen LogP) is 3.43. The molecule has 1 aromatic rings. The Balaban J connectivity index is 2.07. The molecular formula is C16H25NO2. The molecule has 1 aliphatic carbocycles. The van der Waals surface area contributed by atoms with E-state index in [1.54, 1.807) is 7.11 Å². The second-order valence-electron chi connectivity index (χ2n) is 5.44. The van der Waals surface area contributed by atoms with E-state index in [1.807, 2.05) is 18.2 Å². The van der Waals surface area contributed by atoms with Gasteiger partial charge in [0.2, 0.25) is 0 Å². The number of benzene rings is 1. The van der Waals surface area contributed by atoms with Crippen molar-refractivity contribution < 1.29 is 9.47 Å². The fourth-order valence-corrected chi connectivity index (χ4v) is 2.70. The standard InChI is InChI=1S/C16H25NO2/c1-3-11-19-15-8-5-4-7-13(15)14(17)12-16(18-2)9-6-10-16/h4-5,7-8,14H,3,6,9-12,17H2,1-2H3. The minimum Gasteiger partial charge on any atom is -0.493 e. The number of rotatable bonds is 7. The molecule has 2 N–H and O–H groups in total. The van der Waals surface area contributed by atoms with E-state index >= 15 is 0 Å². The molecule has 0 radical (unpaired) electrons. The summed E-state index contributed by atoms with van der Waals surface area (Å²) in [7, 11) is 1.80. The molecule has 3 heteroatoms. The smallest absolute Gasteiger partial charge is 0.124 e. The molecule has 0 amide bonds. The van der Waals surface area contributed by atoms with Gasteiger partial charge in [0, 0.05) is 18.7 Å². The van der Waals surface area contributed by atoms with Crippen LogP contribution in [-0.4, -0.2) is 19.3 Å². The first-order valence-corrected chi connectivity index (χ1v) is 7.23. The lowest BCUT2D eigenvalue weighted by molar-refractivity contribution is -0.0817. The van der Waals surface area contributed by atoms with Crippen LogP contribution in [0.2, 0.25) is 0 Å². The van der Waals surface area contributed by atoms with Crippen LogP contribution in [0.3, 0.4) is 0 Å². The van der Waals surface area contributed by atoms with Gasteiger partial charge in [-0.3, -0.25) is 0 Å². The molecule has 106 valence electrons. The Hall–Kier alpha value is -1.06. The van der Waals surface area contributed by atoms with Crippen molar-refractivity contribution in [2.24, 2.45) is 5.73 Å². The molecule has 1 saturated carbocycles. The fraction of sp³-hybridized carbons (Fsp3) is 0.625. The first-order valence-electron chi connectivity index (χ1n) is 7.23. The quantitative estimate of drug-likeness (QED) is 0.819. The van der Waals surface area contributed by atoms with Crippen LogP contribution in [0.25, 0.3) is 0 Å². The van der Waals surface area contributed by atoms with Crippen LogP contribution >= 0.6 is 0 Å². The first kappa shape index (κ1) is 14.4. The lowest BCUT2D eigenvalue weighted by Crippen LogP contribution is -2.41. The van der Waals surface area contributed by atoms with E-state index in [0.29, 0.717) is 0 Å². The molecule has 2 rings (SSSR count). The Kier molecular flexibility index (Phi) is 4.83. The summed E-state index contributed by atoms with van der Waals surface area (Å²) < 4.78 is 11.5. The minimum atomic E-state index is -0.0201. The summed E-state index contributed by atoms with van der Waals surface area (Å²) in [4.78, 5) is 0. The highest BCUT2D eigenvalue weighted by molar-refractivity contribution is 5.36. The second kappa shape index (κ2) is 6.40. The van der Waals surface area contributed by atoms with Gasteiger partial charge in [-0.25, -0.2) is 0 Å². The van der Waals surface area contributed by atoms with Gasteiger partial charge in [0.1, 0.15) is 5.75 Å². The number of methoxy groups -OCH3 is 1. The summed E-state index contributed by atoms with van der Waals surface area (Å²) in [6.07, 6.45) is 5.36. The predicted molar refractivity (Wildman–Crippen MR) is 77.4 cm³/mol. The van der Waals surface area contributed by atoms with E-state index in [1.165, 1.54) is 6.42 Å². The third kappa shape index (κ3) is 3.28. The van der Waals surface area contributed by atoms with Crippen molar-refractivity contribution in [2.45, 2.75) is 50.7 Å². The monoisotopic (exact) mass is 263 g/mol. The lowest BCUT2D eigenvalue weighted by atomic mass is 9.75. The van der Waals surface area contributed by atoms with E-state index < -0.39 is 0 Å². The van der Waals surface area contributed by atoms with Crippen molar-refractivity contribution in [1.29, 1.82) is 0 Å². The molecule has 0 aromatic heterocycles. The third-order valence-corrected chi connectivity index (χ3v) is 4.07. The van der Waals surface area contributed by atoms with E-state index in [-0.39, 0.29) is 11.6 Å². The molecule has 19 heavy (non-hydrogen) atoms. The summed E-state index contributed by atoms with van der Waals surface area (Å²) in [5, 5.41) is 0. The lowest BCUT2D eigenvalue weighted by Gasteiger charge is -2.42. The highest BCUT2D eigenvalue weighted by atomic mass is 16.5. The molecule has 3 nitrogen and oxygen atoms in total. The van der Waals surface area contributed by atoms with Gasteiger partial charge in [-0.05, 0) is 38.2 Å². The normalized spacial score (nSPS) is 18.7. The van der Waals surface area contributed by atoms with Crippen LogP contribution in [0, 0.1) is 0 Å². The van der Waals surface area contributed by atoms with Crippen LogP contribution in [0.1, 0.15) is 50.6 Å². The van der Waals surface area contributed by atoms with Gasteiger partial charge < -0.3 is 15.2 Å². The van der Waals surface area contributed by atoms with Gasteiger partial charge in [0.05, 0.1) is 12.2 Å². The van der Waals surface area contributed by atoms with Crippen LogP contribution in [-0.2, 0) is 4.74 Å². The molecule has 0 aliphatic heterocycles. The maximum atomic E-state index is 6.38. The highest BCUT2D eigenvalue weighted by Crippen LogP contribution is 2.42. The zero-order valence-corrected chi connectivity index (χ0v) is 12.0. The van der Waals surface area contributed by atoms with Crippen molar-refractivity contribution in [1.82, 2.24) is 0 Å². The number of ether oxygens (including phenoxy) is 2. The Labute approximate surface area is 116 Å². The van der Waals surface area contributed by atoms with Crippen LogP contribution in [0.15, 0.2) is 24.3 Å².